The van der Waals surface area contributed by atoms with Gasteiger partial charge in [0.15, 0.2) is 0 Å². The zero-order chi connectivity index (χ0) is 13.0. The summed E-state index contributed by atoms with van der Waals surface area (Å²) in [5, 5.41) is 11.0. The summed E-state index contributed by atoms with van der Waals surface area (Å²) in [6.07, 6.45) is 3.78. The molecule has 1 spiro atoms. The fraction of sp³-hybridized carbons (Fsp3) is 1.00. The van der Waals surface area contributed by atoms with Gasteiger partial charge in [-0.05, 0) is 45.4 Å². The summed E-state index contributed by atoms with van der Waals surface area (Å²) in [4.78, 5) is 0. The van der Waals surface area contributed by atoms with Gasteiger partial charge in [0.25, 0.3) is 0 Å². The minimum Gasteiger partial charge on any atom is -0.387 e. The third-order valence-corrected chi connectivity index (χ3v) is 6.63. The highest BCUT2D eigenvalue weighted by Gasteiger charge is 2.86. The molecule has 3 nitrogen and oxygen atoms in total. The van der Waals surface area contributed by atoms with Gasteiger partial charge in [0.05, 0.1) is 11.2 Å². The summed E-state index contributed by atoms with van der Waals surface area (Å²) in [6.45, 7) is 8.75. The van der Waals surface area contributed by atoms with Gasteiger partial charge < -0.3 is 14.6 Å². The van der Waals surface area contributed by atoms with Crippen LogP contribution in [-0.4, -0.2) is 33.6 Å². The molecule has 102 valence electrons. The van der Waals surface area contributed by atoms with Crippen LogP contribution in [0.5, 0.6) is 0 Å². The highest BCUT2D eigenvalue weighted by Crippen LogP contribution is 2.74. The van der Waals surface area contributed by atoms with E-state index in [4.69, 9.17) is 9.47 Å². The Balaban J connectivity index is 1.86. The average Bonchev–Trinajstić information content (AvgIpc) is 2.64. The summed E-state index contributed by atoms with van der Waals surface area (Å²) in [7, 11) is 0. The molecule has 0 aromatic carbocycles. The molecule has 1 saturated carbocycles. The minimum atomic E-state index is -0.460. The molecule has 1 aliphatic carbocycles. The van der Waals surface area contributed by atoms with E-state index in [1.54, 1.807) is 0 Å². The van der Waals surface area contributed by atoms with Crippen LogP contribution in [0.4, 0.5) is 0 Å². The van der Waals surface area contributed by atoms with Gasteiger partial charge in [0.2, 0.25) is 0 Å². The van der Waals surface area contributed by atoms with Crippen molar-refractivity contribution < 1.29 is 14.6 Å². The average molecular weight is 252 g/mol. The third kappa shape index (κ3) is 0.918. The molecule has 18 heavy (non-hydrogen) atoms. The molecule has 6 atom stereocenters. The molecule has 3 heteroatoms. The molecule has 1 N–H and O–H groups in total. The van der Waals surface area contributed by atoms with Crippen LogP contribution in [0.3, 0.4) is 0 Å². The summed E-state index contributed by atoms with van der Waals surface area (Å²) in [6, 6.07) is 0. The Morgan fingerprint density at radius 3 is 2.44 bits per heavy atom. The second kappa shape index (κ2) is 2.82. The van der Waals surface area contributed by atoms with E-state index in [1.165, 1.54) is 0 Å². The fourth-order valence-electron chi connectivity index (χ4n) is 5.46. The first-order chi connectivity index (χ1) is 8.31. The van der Waals surface area contributed by atoms with Gasteiger partial charge in [-0.15, -0.1) is 0 Å². The number of hydrogen-bond donors (Lipinski definition) is 1. The van der Waals surface area contributed by atoms with Crippen molar-refractivity contribution >= 4 is 0 Å². The standard InChI is InChI=1S/C15H24O3/c1-9(2)14-8-7-12(3,17-14)10-5-6-13(4)15(10,18-13)11(14)16/h9-11,16H,5-8H2,1-4H3/t10-,11+,12+,13-,14+,15-/m0/s1. The first-order valence-corrected chi connectivity index (χ1v) is 7.39. The Bertz CT molecular complexity index is 422. The van der Waals surface area contributed by atoms with Crippen LogP contribution in [0.1, 0.15) is 53.4 Å². The summed E-state index contributed by atoms with van der Waals surface area (Å²) in [5.41, 5.74) is -0.863. The molecule has 2 bridgehead atoms. The van der Waals surface area contributed by atoms with Gasteiger partial charge in [0.1, 0.15) is 17.3 Å². The SMILES string of the molecule is CC(C)[C@@]12CC[C@@](C)(O1)[C@@H]1CC[C@]3(C)O[C@]13[C@@H]2O. The van der Waals surface area contributed by atoms with Crippen molar-refractivity contribution in [1.82, 2.24) is 0 Å². The van der Waals surface area contributed by atoms with Crippen molar-refractivity contribution in [3.63, 3.8) is 0 Å². The minimum absolute atomic E-state index is 0.0856. The van der Waals surface area contributed by atoms with Gasteiger partial charge in [-0.2, -0.15) is 0 Å². The molecular weight excluding hydrogens is 228 g/mol. The van der Waals surface area contributed by atoms with E-state index in [0.29, 0.717) is 11.8 Å². The molecule has 0 radical (unpaired) electrons. The van der Waals surface area contributed by atoms with E-state index in [-0.39, 0.29) is 22.4 Å². The number of aliphatic hydroxyl groups is 1. The molecule has 3 aliphatic heterocycles. The van der Waals surface area contributed by atoms with Crippen molar-refractivity contribution in [2.75, 3.05) is 0 Å². The monoisotopic (exact) mass is 252 g/mol. The summed E-state index contributed by atoms with van der Waals surface area (Å²) >= 11 is 0. The van der Waals surface area contributed by atoms with Crippen LogP contribution in [-0.2, 0) is 9.47 Å². The second-order valence-corrected chi connectivity index (χ2v) is 7.64. The smallest absolute Gasteiger partial charge is 0.132 e. The first-order valence-electron chi connectivity index (χ1n) is 7.39. The number of aliphatic hydroxyl groups excluding tert-OH is 1. The van der Waals surface area contributed by atoms with E-state index < -0.39 is 6.10 Å². The van der Waals surface area contributed by atoms with Crippen LogP contribution >= 0.6 is 0 Å². The Hall–Kier alpha value is -0.120. The zero-order valence-corrected chi connectivity index (χ0v) is 11.8. The van der Waals surface area contributed by atoms with Crippen molar-refractivity contribution in [3.8, 4) is 0 Å². The molecule has 0 unspecified atom stereocenters. The van der Waals surface area contributed by atoms with E-state index in [0.717, 1.165) is 25.7 Å². The van der Waals surface area contributed by atoms with Crippen LogP contribution in [0.15, 0.2) is 0 Å². The van der Waals surface area contributed by atoms with Crippen molar-refractivity contribution in [2.45, 2.75) is 81.9 Å². The predicted octanol–water partition coefficient (Wildman–Crippen LogP) is 2.26. The maximum Gasteiger partial charge on any atom is 0.132 e. The number of epoxide rings is 1. The lowest BCUT2D eigenvalue weighted by atomic mass is 9.69. The number of hydrogen-bond acceptors (Lipinski definition) is 3. The third-order valence-electron chi connectivity index (χ3n) is 6.63. The van der Waals surface area contributed by atoms with Gasteiger partial charge in [-0.25, -0.2) is 0 Å². The fourth-order valence-corrected chi connectivity index (χ4v) is 5.46. The summed E-state index contributed by atoms with van der Waals surface area (Å²) in [5.74, 6) is 0.707. The van der Waals surface area contributed by atoms with Crippen LogP contribution < -0.4 is 0 Å². The second-order valence-electron chi connectivity index (χ2n) is 7.64. The van der Waals surface area contributed by atoms with Crippen LogP contribution in [0.2, 0.25) is 0 Å². The highest BCUT2D eigenvalue weighted by molar-refractivity contribution is 5.34. The van der Waals surface area contributed by atoms with Gasteiger partial charge >= 0.3 is 0 Å². The lowest BCUT2D eigenvalue weighted by Crippen LogP contribution is -2.65. The largest absolute Gasteiger partial charge is 0.387 e. The Morgan fingerprint density at radius 2 is 1.83 bits per heavy atom. The van der Waals surface area contributed by atoms with E-state index in [2.05, 4.69) is 27.7 Å². The Kier molecular flexibility index (Phi) is 1.83. The van der Waals surface area contributed by atoms with Crippen LogP contribution in [0.25, 0.3) is 0 Å². The van der Waals surface area contributed by atoms with Crippen LogP contribution in [0, 0.1) is 11.8 Å². The highest BCUT2D eigenvalue weighted by atomic mass is 16.7. The number of rotatable bonds is 1. The van der Waals surface area contributed by atoms with Crippen molar-refractivity contribution in [2.24, 2.45) is 11.8 Å². The molecule has 3 saturated heterocycles. The quantitative estimate of drug-likeness (QED) is 0.728. The molecule has 3 heterocycles. The van der Waals surface area contributed by atoms with Gasteiger partial charge in [0, 0.05) is 5.92 Å². The molecule has 0 aromatic rings. The molecule has 4 fully saturated rings. The number of fused-ring (bicyclic) bond motifs is 3. The van der Waals surface area contributed by atoms with Gasteiger partial charge in [-0.1, -0.05) is 13.8 Å². The zero-order valence-electron chi connectivity index (χ0n) is 11.8. The Labute approximate surface area is 109 Å². The number of ether oxygens (including phenoxy) is 2. The van der Waals surface area contributed by atoms with E-state index in [1.807, 2.05) is 0 Å². The van der Waals surface area contributed by atoms with Gasteiger partial charge in [-0.3, -0.25) is 0 Å². The lowest BCUT2D eigenvalue weighted by Gasteiger charge is -2.51. The lowest BCUT2D eigenvalue weighted by molar-refractivity contribution is -0.256. The normalized spacial score (nSPS) is 65.0. The van der Waals surface area contributed by atoms with E-state index in [9.17, 15) is 5.11 Å². The van der Waals surface area contributed by atoms with E-state index >= 15 is 0 Å². The first kappa shape index (κ1) is 11.7. The molecule has 4 rings (SSSR count). The molecule has 0 amide bonds. The van der Waals surface area contributed by atoms with Crippen molar-refractivity contribution in [1.29, 1.82) is 0 Å². The predicted molar refractivity (Wildman–Crippen MR) is 67.2 cm³/mol. The maximum atomic E-state index is 11.0. The van der Waals surface area contributed by atoms with Crippen molar-refractivity contribution in [3.05, 3.63) is 0 Å². The molecule has 4 aliphatic rings. The molecule has 0 aromatic heterocycles. The topological polar surface area (TPSA) is 42.0 Å². The summed E-state index contributed by atoms with van der Waals surface area (Å²) < 4.78 is 12.6. The Morgan fingerprint density at radius 1 is 1.11 bits per heavy atom. The maximum absolute atomic E-state index is 11.0. The molecular formula is C15H24O3.